The number of aromatic amines is 1. The van der Waals surface area contributed by atoms with Crippen LogP contribution in [-0.4, -0.2) is 34.1 Å². The van der Waals surface area contributed by atoms with Crippen molar-refractivity contribution in [1.29, 1.82) is 0 Å². The predicted octanol–water partition coefficient (Wildman–Crippen LogP) is 1.20. The summed E-state index contributed by atoms with van der Waals surface area (Å²) in [5.74, 6) is 2.43. The van der Waals surface area contributed by atoms with Crippen LogP contribution in [0.5, 0.6) is 0 Å². The molecule has 0 saturated heterocycles. The van der Waals surface area contributed by atoms with Gasteiger partial charge in [0.25, 0.3) is 5.91 Å². The van der Waals surface area contributed by atoms with Crippen molar-refractivity contribution in [2.24, 2.45) is 0 Å². The molecule has 1 aromatic rings. The van der Waals surface area contributed by atoms with Crippen molar-refractivity contribution in [2.75, 3.05) is 13.1 Å². The van der Waals surface area contributed by atoms with E-state index in [1.165, 1.54) is 6.20 Å². The number of carbonyl (C=O) groups is 1. The first kappa shape index (κ1) is 11.3. The minimum absolute atomic E-state index is 0.0546. The monoisotopic (exact) mass is 205 g/mol. The second-order valence-corrected chi connectivity index (χ2v) is 3.34. The van der Waals surface area contributed by atoms with Gasteiger partial charge in [-0.15, -0.1) is 6.42 Å². The number of nitrogens with zero attached hydrogens (tertiary/aromatic N) is 2. The number of H-pyrrole nitrogens is 1. The largest absolute Gasteiger partial charge is 0.327 e. The quantitative estimate of drug-likeness (QED) is 0.751. The normalized spacial score (nSPS) is 9.67. The van der Waals surface area contributed by atoms with E-state index in [0.29, 0.717) is 18.7 Å². The molecule has 0 spiro atoms. The molecule has 4 heteroatoms. The highest BCUT2D eigenvalue weighted by Crippen LogP contribution is 2.07. The van der Waals surface area contributed by atoms with Crippen molar-refractivity contribution >= 4 is 5.91 Å². The van der Waals surface area contributed by atoms with Crippen LogP contribution in [0.1, 0.15) is 29.4 Å². The molecule has 0 bridgehead atoms. The zero-order chi connectivity index (χ0) is 11.3. The van der Waals surface area contributed by atoms with E-state index in [-0.39, 0.29) is 5.91 Å². The molecular weight excluding hydrogens is 190 g/mol. The van der Waals surface area contributed by atoms with E-state index < -0.39 is 0 Å². The van der Waals surface area contributed by atoms with Gasteiger partial charge in [0.15, 0.2) is 0 Å². The summed E-state index contributed by atoms with van der Waals surface area (Å²) in [4.78, 5) is 13.6. The third-order valence-corrected chi connectivity index (χ3v) is 2.12. The van der Waals surface area contributed by atoms with Gasteiger partial charge in [-0.05, 0) is 13.3 Å². The lowest BCUT2D eigenvalue weighted by Gasteiger charge is -2.18. The molecule has 1 aromatic heterocycles. The first-order chi connectivity index (χ1) is 7.20. The molecule has 0 fully saturated rings. The average molecular weight is 205 g/mol. The van der Waals surface area contributed by atoms with Gasteiger partial charge in [-0.1, -0.05) is 12.8 Å². The first-order valence-corrected chi connectivity index (χ1v) is 4.93. The maximum absolute atomic E-state index is 12.0. The van der Waals surface area contributed by atoms with Gasteiger partial charge in [-0.3, -0.25) is 9.89 Å². The molecule has 0 aromatic carbocycles. The van der Waals surface area contributed by atoms with Crippen molar-refractivity contribution in [3.05, 3.63) is 17.5 Å². The lowest BCUT2D eigenvalue weighted by molar-refractivity contribution is 0.0776. The Morgan fingerprint density at radius 3 is 2.93 bits per heavy atom. The minimum atomic E-state index is -0.0546. The highest BCUT2D eigenvalue weighted by atomic mass is 16.2. The maximum Gasteiger partial charge on any atom is 0.258 e. The van der Waals surface area contributed by atoms with E-state index in [1.54, 1.807) is 4.90 Å². The lowest BCUT2D eigenvalue weighted by Crippen LogP contribution is -2.32. The lowest BCUT2D eigenvalue weighted by atomic mass is 10.2. The third-order valence-electron chi connectivity index (χ3n) is 2.12. The number of aromatic nitrogens is 2. The predicted molar refractivity (Wildman–Crippen MR) is 58.4 cm³/mol. The number of aryl methyl sites for hydroxylation is 1. The summed E-state index contributed by atoms with van der Waals surface area (Å²) in [5, 5.41) is 6.56. The van der Waals surface area contributed by atoms with Crippen molar-refractivity contribution in [1.82, 2.24) is 15.1 Å². The number of terminal acetylenes is 1. The van der Waals surface area contributed by atoms with Crippen LogP contribution in [0.2, 0.25) is 0 Å². The van der Waals surface area contributed by atoms with Crippen LogP contribution in [0, 0.1) is 19.3 Å². The molecular formula is C11H15N3O. The van der Waals surface area contributed by atoms with Gasteiger partial charge in [0.2, 0.25) is 0 Å². The summed E-state index contributed by atoms with van der Waals surface area (Å²) in [6, 6.07) is 0. The first-order valence-electron chi connectivity index (χ1n) is 4.93. The van der Waals surface area contributed by atoms with Crippen molar-refractivity contribution in [3.8, 4) is 12.3 Å². The van der Waals surface area contributed by atoms with E-state index in [1.807, 2.05) is 13.8 Å². The van der Waals surface area contributed by atoms with Crippen LogP contribution in [0.25, 0.3) is 0 Å². The molecule has 4 nitrogen and oxygen atoms in total. The third kappa shape index (κ3) is 2.59. The highest BCUT2D eigenvalue weighted by molar-refractivity contribution is 5.95. The molecule has 0 saturated carbocycles. The molecule has 80 valence electrons. The van der Waals surface area contributed by atoms with Gasteiger partial charge in [0, 0.05) is 12.2 Å². The molecule has 0 aliphatic heterocycles. The molecule has 1 heterocycles. The van der Waals surface area contributed by atoms with Gasteiger partial charge in [0.1, 0.15) is 0 Å². The molecule has 0 aliphatic carbocycles. The van der Waals surface area contributed by atoms with E-state index in [4.69, 9.17) is 6.42 Å². The van der Waals surface area contributed by atoms with Gasteiger partial charge in [0.05, 0.1) is 18.3 Å². The number of nitrogens with one attached hydrogen (secondary N) is 1. The maximum atomic E-state index is 12.0. The molecule has 15 heavy (non-hydrogen) atoms. The molecule has 1 rings (SSSR count). The molecule has 0 aliphatic rings. The van der Waals surface area contributed by atoms with Crippen LogP contribution in [0.15, 0.2) is 6.20 Å². The number of hydrogen-bond acceptors (Lipinski definition) is 2. The fourth-order valence-electron chi connectivity index (χ4n) is 1.37. The summed E-state index contributed by atoms with van der Waals surface area (Å²) in [5.41, 5.74) is 1.37. The number of hydrogen-bond donors (Lipinski definition) is 1. The van der Waals surface area contributed by atoms with E-state index in [0.717, 1.165) is 12.1 Å². The molecule has 0 atom stereocenters. The second kappa shape index (κ2) is 5.20. The summed E-state index contributed by atoms with van der Waals surface area (Å²) in [7, 11) is 0. The molecule has 0 radical (unpaired) electrons. The van der Waals surface area contributed by atoms with Crippen LogP contribution in [0.4, 0.5) is 0 Å². The Balaban J connectivity index is 2.81. The van der Waals surface area contributed by atoms with E-state index in [2.05, 4.69) is 16.1 Å². The standard InChI is InChI=1S/C11H15N3O/c1-4-6-14(7-5-2)11(15)10-8-12-13-9(10)3/h1,8H,5-7H2,2-3H3,(H,12,13). The zero-order valence-electron chi connectivity index (χ0n) is 9.08. The SMILES string of the molecule is C#CCN(CCC)C(=O)c1cn[nH]c1C. The Bertz CT molecular complexity index is 375. The van der Waals surface area contributed by atoms with Gasteiger partial charge in [-0.25, -0.2) is 0 Å². The van der Waals surface area contributed by atoms with Crippen LogP contribution in [0.3, 0.4) is 0 Å². The van der Waals surface area contributed by atoms with Crippen LogP contribution < -0.4 is 0 Å². The van der Waals surface area contributed by atoms with E-state index in [9.17, 15) is 4.79 Å². The van der Waals surface area contributed by atoms with E-state index >= 15 is 0 Å². The van der Waals surface area contributed by atoms with Crippen molar-refractivity contribution in [2.45, 2.75) is 20.3 Å². The van der Waals surface area contributed by atoms with Crippen LogP contribution in [-0.2, 0) is 0 Å². The summed E-state index contributed by atoms with van der Waals surface area (Å²) >= 11 is 0. The Morgan fingerprint density at radius 1 is 1.73 bits per heavy atom. The van der Waals surface area contributed by atoms with Crippen molar-refractivity contribution < 1.29 is 4.79 Å². The second-order valence-electron chi connectivity index (χ2n) is 3.34. The summed E-state index contributed by atoms with van der Waals surface area (Å²) in [6.45, 7) is 4.85. The highest BCUT2D eigenvalue weighted by Gasteiger charge is 2.17. The van der Waals surface area contributed by atoms with Crippen molar-refractivity contribution in [3.63, 3.8) is 0 Å². The fraction of sp³-hybridized carbons (Fsp3) is 0.455. The van der Waals surface area contributed by atoms with Gasteiger partial charge >= 0.3 is 0 Å². The molecule has 1 N–H and O–H groups in total. The number of rotatable bonds is 4. The topological polar surface area (TPSA) is 49.0 Å². The Kier molecular flexibility index (Phi) is 3.92. The zero-order valence-corrected chi connectivity index (χ0v) is 9.08. The average Bonchev–Trinajstić information content (AvgIpc) is 2.63. The Hall–Kier alpha value is -1.76. The Morgan fingerprint density at radius 2 is 2.47 bits per heavy atom. The van der Waals surface area contributed by atoms with Gasteiger partial charge < -0.3 is 4.90 Å². The van der Waals surface area contributed by atoms with Crippen LogP contribution >= 0.6 is 0 Å². The fourth-order valence-corrected chi connectivity index (χ4v) is 1.37. The summed E-state index contributed by atoms with van der Waals surface area (Å²) in [6.07, 6.45) is 7.65. The minimum Gasteiger partial charge on any atom is -0.327 e. The summed E-state index contributed by atoms with van der Waals surface area (Å²) < 4.78 is 0. The Labute approximate surface area is 89.7 Å². The number of amides is 1. The molecule has 0 unspecified atom stereocenters. The number of carbonyl (C=O) groups excluding carboxylic acids is 1. The smallest absolute Gasteiger partial charge is 0.258 e. The molecule has 1 amide bonds. The van der Waals surface area contributed by atoms with Gasteiger partial charge in [-0.2, -0.15) is 5.10 Å².